The summed E-state index contributed by atoms with van der Waals surface area (Å²) in [7, 11) is 0. The number of rotatable bonds is 6. The zero-order chi connectivity index (χ0) is 13.6. The van der Waals surface area contributed by atoms with Gasteiger partial charge in [-0.15, -0.1) is 11.6 Å². The summed E-state index contributed by atoms with van der Waals surface area (Å²) in [5.74, 6) is 0. The van der Waals surface area contributed by atoms with Crippen LogP contribution in [0.3, 0.4) is 0 Å². The average Bonchev–Trinajstić information content (AvgIpc) is 2.29. The first-order valence-electron chi connectivity index (χ1n) is 7.17. The molecule has 0 fully saturated rings. The maximum atomic E-state index is 6.23. The molecule has 1 rings (SSSR count). The van der Waals surface area contributed by atoms with Crippen LogP contribution in [-0.2, 0) is 11.8 Å². The zero-order valence-electron chi connectivity index (χ0n) is 12.3. The molecule has 0 nitrogen and oxygen atoms in total. The van der Waals surface area contributed by atoms with Crippen LogP contribution in [0.5, 0.6) is 0 Å². The van der Waals surface area contributed by atoms with Gasteiger partial charge in [-0.2, -0.15) is 0 Å². The molecule has 0 saturated heterocycles. The second-order valence-corrected chi connectivity index (χ2v) is 6.84. The molecular weight excluding hydrogens is 240 g/mol. The molecule has 0 aliphatic rings. The number of hydrogen-bond acceptors (Lipinski definition) is 0. The van der Waals surface area contributed by atoms with Crippen molar-refractivity contribution < 1.29 is 0 Å². The lowest BCUT2D eigenvalue weighted by atomic mass is 9.86. The first-order chi connectivity index (χ1) is 8.43. The fraction of sp³-hybridized carbons (Fsp3) is 0.647. The molecule has 18 heavy (non-hydrogen) atoms. The minimum absolute atomic E-state index is 0.251. The van der Waals surface area contributed by atoms with E-state index < -0.39 is 0 Å². The largest absolute Gasteiger partial charge is 0.123 e. The normalized spacial score (nSPS) is 13.6. The van der Waals surface area contributed by atoms with Crippen LogP contribution in [0.1, 0.15) is 64.5 Å². The van der Waals surface area contributed by atoms with E-state index >= 15 is 0 Å². The molecule has 0 aliphatic carbocycles. The smallest absolute Gasteiger partial charge is 0.0336 e. The summed E-state index contributed by atoms with van der Waals surface area (Å²) in [6, 6.07) is 9.06. The number of benzene rings is 1. The van der Waals surface area contributed by atoms with Crippen molar-refractivity contribution in [3.63, 3.8) is 0 Å². The first-order valence-corrected chi connectivity index (χ1v) is 7.60. The van der Waals surface area contributed by atoms with Crippen molar-refractivity contribution >= 4 is 11.6 Å². The molecule has 0 amide bonds. The Labute approximate surface area is 118 Å². The van der Waals surface area contributed by atoms with Crippen molar-refractivity contribution in [2.75, 3.05) is 0 Å². The van der Waals surface area contributed by atoms with Crippen LogP contribution < -0.4 is 0 Å². The van der Waals surface area contributed by atoms with E-state index in [4.69, 9.17) is 11.6 Å². The summed E-state index contributed by atoms with van der Waals surface area (Å²) in [6.45, 7) is 8.96. The van der Waals surface area contributed by atoms with E-state index in [0.29, 0.717) is 5.38 Å². The van der Waals surface area contributed by atoms with Gasteiger partial charge in [-0.3, -0.25) is 0 Å². The Hall–Kier alpha value is -0.490. The minimum Gasteiger partial charge on any atom is -0.123 e. The van der Waals surface area contributed by atoms with E-state index in [9.17, 15) is 0 Å². The van der Waals surface area contributed by atoms with Crippen molar-refractivity contribution in [2.45, 2.75) is 70.6 Å². The van der Waals surface area contributed by atoms with Crippen LogP contribution in [0.4, 0.5) is 0 Å². The first kappa shape index (κ1) is 15.6. The summed E-state index contributed by atoms with van der Waals surface area (Å²) in [6.07, 6.45) is 5.82. The van der Waals surface area contributed by atoms with E-state index in [0.717, 1.165) is 19.3 Å². The van der Waals surface area contributed by atoms with Crippen LogP contribution >= 0.6 is 11.6 Å². The predicted octanol–water partition coefficient (Wildman–Crippen LogP) is 5.71. The van der Waals surface area contributed by atoms with Gasteiger partial charge in [0.25, 0.3) is 0 Å². The third-order valence-electron chi connectivity index (χ3n) is 3.40. The molecule has 0 aromatic heterocycles. The lowest BCUT2D eigenvalue weighted by Crippen LogP contribution is -2.10. The monoisotopic (exact) mass is 266 g/mol. The Morgan fingerprint density at radius 2 is 1.67 bits per heavy atom. The van der Waals surface area contributed by atoms with E-state index in [1.807, 2.05) is 0 Å². The summed E-state index contributed by atoms with van der Waals surface area (Å²) in [5, 5.41) is 0.365. The van der Waals surface area contributed by atoms with Crippen LogP contribution in [0.2, 0.25) is 0 Å². The van der Waals surface area contributed by atoms with Gasteiger partial charge in [-0.1, -0.05) is 58.4 Å². The average molecular weight is 267 g/mol. The maximum Gasteiger partial charge on any atom is 0.0336 e. The van der Waals surface area contributed by atoms with Crippen molar-refractivity contribution in [1.82, 2.24) is 0 Å². The number of halogens is 1. The van der Waals surface area contributed by atoms with Crippen LogP contribution in [0.15, 0.2) is 24.3 Å². The second-order valence-electron chi connectivity index (χ2n) is 6.23. The number of alkyl halides is 1. The molecule has 0 heterocycles. The molecule has 0 bridgehead atoms. The SMILES string of the molecule is CCCC(Cl)CCCc1ccc(C(C)(C)C)cc1. The Morgan fingerprint density at radius 3 is 2.17 bits per heavy atom. The number of hydrogen-bond donors (Lipinski definition) is 0. The lowest BCUT2D eigenvalue weighted by Gasteiger charge is -2.19. The maximum absolute atomic E-state index is 6.23. The van der Waals surface area contributed by atoms with E-state index in [1.54, 1.807) is 0 Å². The van der Waals surface area contributed by atoms with Gasteiger partial charge >= 0.3 is 0 Å². The molecule has 0 saturated carbocycles. The third-order valence-corrected chi connectivity index (χ3v) is 3.84. The molecule has 1 aromatic carbocycles. The van der Waals surface area contributed by atoms with Gasteiger partial charge in [0.15, 0.2) is 0 Å². The highest BCUT2D eigenvalue weighted by Gasteiger charge is 2.12. The third kappa shape index (κ3) is 5.44. The second kappa shape index (κ2) is 7.19. The Bertz CT molecular complexity index is 332. The predicted molar refractivity (Wildman–Crippen MR) is 82.6 cm³/mol. The van der Waals surface area contributed by atoms with Crippen LogP contribution in [0.25, 0.3) is 0 Å². The molecule has 0 radical (unpaired) electrons. The highest BCUT2D eigenvalue weighted by atomic mass is 35.5. The molecule has 1 aromatic rings. The van der Waals surface area contributed by atoms with Crippen molar-refractivity contribution in [3.8, 4) is 0 Å². The fourth-order valence-electron chi connectivity index (χ4n) is 2.16. The van der Waals surface area contributed by atoms with E-state index in [-0.39, 0.29) is 5.41 Å². The van der Waals surface area contributed by atoms with Crippen molar-refractivity contribution in [1.29, 1.82) is 0 Å². The van der Waals surface area contributed by atoms with E-state index in [1.165, 1.54) is 24.0 Å². The molecule has 1 unspecified atom stereocenters. The summed E-state index contributed by atoms with van der Waals surface area (Å²) in [5.41, 5.74) is 3.09. The fourth-order valence-corrected chi connectivity index (χ4v) is 2.53. The van der Waals surface area contributed by atoms with Gasteiger partial charge in [0.2, 0.25) is 0 Å². The summed E-state index contributed by atoms with van der Waals surface area (Å²) >= 11 is 6.23. The number of aryl methyl sites for hydroxylation is 1. The van der Waals surface area contributed by atoms with Crippen LogP contribution in [0, 0.1) is 0 Å². The van der Waals surface area contributed by atoms with E-state index in [2.05, 4.69) is 52.0 Å². The topological polar surface area (TPSA) is 0 Å². The Kier molecular flexibility index (Phi) is 6.21. The Morgan fingerprint density at radius 1 is 1.06 bits per heavy atom. The molecule has 0 spiro atoms. The Balaban J connectivity index is 2.40. The van der Waals surface area contributed by atoms with Gasteiger partial charge in [0, 0.05) is 5.38 Å². The van der Waals surface area contributed by atoms with Crippen LogP contribution in [-0.4, -0.2) is 5.38 Å². The highest BCUT2D eigenvalue weighted by molar-refractivity contribution is 6.20. The van der Waals surface area contributed by atoms with Gasteiger partial charge in [-0.25, -0.2) is 0 Å². The van der Waals surface area contributed by atoms with Gasteiger partial charge in [-0.05, 0) is 42.2 Å². The quantitative estimate of drug-likeness (QED) is 0.578. The highest BCUT2D eigenvalue weighted by Crippen LogP contribution is 2.23. The summed E-state index contributed by atoms with van der Waals surface area (Å²) < 4.78 is 0. The van der Waals surface area contributed by atoms with Crippen molar-refractivity contribution in [3.05, 3.63) is 35.4 Å². The summed E-state index contributed by atoms with van der Waals surface area (Å²) in [4.78, 5) is 0. The lowest BCUT2D eigenvalue weighted by molar-refractivity contribution is 0.589. The standard InChI is InChI=1S/C17H27Cl/c1-5-7-16(18)9-6-8-14-10-12-15(13-11-14)17(2,3)4/h10-13,16H,5-9H2,1-4H3. The van der Waals surface area contributed by atoms with Gasteiger partial charge in [0.1, 0.15) is 0 Å². The van der Waals surface area contributed by atoms with Gasteiger partial charge < -0.3 is 0 Å². The minimum atomic E-state index is 0.251. The van der Waals surface area contributed by atoms with Gasteiger partial charge in [0.05, 0.1) is 0 Å². The molecule has 102 valence electrons. The molecule has 1 heteroatoms. The van der Waals surface area contributed by atoms with Crippen molar-refractivity contribution in [2.24, 2.45) is 0 Å². The molecule has 0 N–H and O–H groups in total. The molecule has 1 atom stereocenters. The molecule has 0 aliphatic heterocycles. The molecular formula is C17H27Cl. The zero-order valence-corrected chi connectivity index (χ0v) is 13.1.